The van der Waals surface area contributed by atoms with Crippen LogP contribution < -0.4 is 5.32 Å². The highest BCUT2D eigenvalue weighted by molar-refractivity contribution is 5.75. The molecule has 0 spiro atoms. The molecule has 0 bridgehead atoms. The molecule has 0 amide bonds. The summed E-state index contributed by atoms with van der Waals surface area (Å²) in [6.07, 6.45) is -4.37. The van der Waals surface area contributed by atoms with Gasteiger partial charge >= 0.3 is 12.1 Å². The molecule has 1 rings (SSSR count). The molecule has 0 aliphatic rings. The lowest BCUT2D eigenvalue weighted by Crippen LogP contribution is -2.36. The van der Waals surface area contributed by atoms with Crippen LogP contribution in [0.25, 0.3) is 0 Å². The molecule has 0 saturated heterocycles. The molecule has 106 valence electrons. The number of alkyl halides is 3. The van der Waals surface area contributed by atoms with E-state index in [0.717, 1.165) is 12.1 Å². The highest BCUT2D eigenvalue weighted by Crippen LogP contribution is 2.30. The van der Waals surface area contributed by atoms with E-state index < -0.39 is 29.8 Å². The van der Waals surface area contributed by atoms with Gasteiger partial charge in [0.25, 0.3) is 0 Å². The summed E-state index contributed by atoms with van der Waals surface area (Å²) in [6.45, 7) is 3.28. The van der Waals surface area contributed by atoms with Gasteiger partial charge in [-0.05, 0) is 31.5 Å². The summed E-state index contributed by atoms with van der Waals surface area (Å²) in [7, 11) is 1.26. The summed E-state index contributed by atoms with van der Waals surface area (Å²) in [5.41, 5.74) is -0.241. The Balaban J connectivity index is 2.83. The van der Waals surface area contributed by atoms with Crippen molar-refractivity contribution in [1.82, 2.24) is 5.32 Å². The summed E-state index contributed by atoms with van der Waals surface area (Å²) >= 11 is 0. The van der Waals surface area contributed by atoms with Crippen molar-refractivity contribution < 1.29 is 22.7 Å². The number of carbonyl (C=O) groups excluding carboxylic acids is 1. The predicted molar refractivity (Wildman–Crippen MR) is 64.5 cm³/mol. The van der Waals surface area contributed by atoms with E-state index in [0.29, 0.717) is 5.56 Å². The number of carbonyl (C=O) groups is 1. The first kappa shape index (κ1) is 15.5. The first-order valence-electron chi connectivity index (χ1n) is 5.76. The van der Waals surface area contributed by atoms with E-state index in [1.807, 2.05) is 0 Å². The first-order chi connectivity index (χ1) is 8.75. The number of rotatable bonds is 4. The molecule has 0 aromatic heterocycles. The van der Waals surface area contributed by atoms with Crippen molar-refractivity contribution in [3.05, 3.63) is 35.4 Å². The van der Waals surface area contributed by atoms with Crippen LogP contribution in [0.5, 0.6) is 0 Å². The zero-order valence-electron chi connectivity index (χ0n) is 10.9. The standard InChI is InChI=1S/C13H16F3NO2/c1-8(17-9(2)12(18)19-3)10-5-4-6-11(7-10)13(14,15)16/h4-9,17H,1-3H3/t8?,9-/m0/s1. The lowest BCUT2D eigenvalue weighted by molar-refractivity contribution is -0.143. The van der Waals surface area contributed by atoms with Gasteiger partial charge in [0, 0.05) is 6.04 Å². The van der Waals surface area contributed by atoms with Gasteiger partial charge in [-0.25, -0.2) is 0 Å². The fourth-order valence-electron chi connectivity index (χ4n) is 1.70. The summed E-state index contributed by atoms with van der Waals surface area (Å²) in [6, 6.07) is 4.03. The van der Waals surface area contributed by atoms with Crippen LogP contribution in [0.2, 0.25) is 0 Å². The molecule has 1 unspecified atom stereocenters. The molecular formula is C13H16F3NO2. The Hall–Kier alpha value is -1.56. The molecule has 1 N–H and O–H groups in total. The summed E-state index contributed by atoms with van der Waals surface area (Å²) in [5, 5.41) is 2.88. The SMILES string of the molecule is COC(=O)[C@H](C)NC(C)c1cccc(C(F)(F)F)c1. The molecule has 0 saturated carbocycles. The molecule has 0 radical (unpaired) electrons. The third-order valence-electron chi connectivity index (χ3n) is 2.77. The second kappa shape index (κ2) is 6.06. The molecule has 3 nitrogen and oxygen atoms in total. The topological polar surface area (TPSA) is 38.3 Å². The van der Waals surface area contributed by atoms with Crippen molar-refractivity contribution >= 4 is 5.97 Å². The summed E-state index contributed by atoms with van der Waals surface area (Å²) in [4.78, 5) is 11.2. The first-order valence-corrected chi connectivity index (χ1v) is 5.76. The third-order valence-corrected chi connectivity index (χ3v) is 2.77. The maximum Gasteiger partial charge on any atom is 0.416 e. The van der Waals surface area contributed by atoms with Gasteiger partial charge in [-0.15, -0.1) is 0 Å². The molecule has 19 heavy (non-hydrogen) atoms. The van der Waals surface area contributed by atoms with E-state index in [9.17, 15) is 18.0 Å². The lowest BCUT2D eigenvalue weighted by atomic mass is 10.0. The van der Waals surface area contributed by atoms with Crippen molar-refractivity contribution in [1.29, 1.82) is 0 Å². The minimum absolute atomic E-state index is 0.392. The van der Waals surface area contributed by atoms with E-state index in [-0.39, 0.29) is 0 Å². The quantitative estimate of drug-likeness (QED) is 0.859. The Labute approximate surface area is 109 Å². The maximum atomic E-state index is 12.6. The van der Waals surface area contributed by atoms with Crippen LogP contribution >= 0.6 is 0 Å². The van der Waals surface area contributed by atoms with Gasteiger partial charge in [0.15, 0.2) is 0 Å². The minimum Gasteiger partial charge on any atom is -0.468 e. The van der Waals surface area contributed by atoms with E-state index >= 15 is 0 Å². The van der Waals surface area contributed by atoms with Gasteiger partial charge in [0.05, 0.1) is 12.7 Å². The Morgan fingerprint density at radius 3 is 2.47 bits per heavy atom. The molecule has 0 aliphatic heterocycles. The van der Waals surface area contributed by atoms with Crippen LogP contribution in [0.15, 0.2) is 24.3 Å². The smallest absolute Gasteiger partial charge is 0.416 e. The number of benzene rings is 1. The van der Waals surface area contributed by atoms with E-state index in [1.54, 1.807) is 19.9 Å². The minimum atomic E-state index is -4.37. The molecule has 1 aromatic rings. The number of halogens is 3. The molecule has 6 heteroatoms. The van der Waals surface area contributed by atoms with E-state index in [2.05, 4.69) is 10.1 Å². The Morgan fingerprint density at radius 1 is 1.32 bits per heavy atom. The average Bonchev–Trinajstić information content (AvgIpc) is 2.36. The van der Waals surface area contributed by atoms with E-state index in [1.165, 1.54) is 13.2 Å². The van der Waals surface area contributed by atoms with Crippen LogP contribution in [-0.4, -0.2) is 19.1 Å². The predicted octanol–water partition coefficient (Wildman–Crippen LogP) is 2.92. The van der Waals surface area contributed by atoms with Gasteiger partial charge < -0.3 is 4.74 Å². The number of nitrogens with one attached hydrogen (secondary N) is 1. The van der Waals surface area contributed by atoms with Crippen molar-refractivity contribution in [2.75, 3.05) is 7.11 Å². The second-order valence-corrected chi connectivity index (χ2v) is 4.26. The Bertz CT molecular complexity index is 446. The van der Waals surface area contributed by atoms with Crippen molar-refractivity contribution in [3.63, 3.8) is 0 Å². The highest BCUT2D eigenvalue weighted by Gasteiger charge is 2.30. The number of esters is 1. The summed E-state index contributed by atoms with van der Waals surface area (Å²) < 4.78 is 42.3. The number of methoxy groups -OCH3 is 1. The Morgan fingerprint density at radius 2 is 1.95 bits per heavy atom. The maximum absolute atomic E-state index is 12.6. The van der Waals surface area contributed by atoms with Crippen LogP contribution in [0.4, 0.5) is 13.2 Å². The zero-order valence-corrected chi connectivity index (χ0v) is 10.9. The zero-order chi connectivity index (χ0) is 14.6. The van der Waals surface area contributed by atoms with Crippen molar-refractivity contribution in [2.45, 2.75) is 32.1 Å². The molecule has 2 atom stereocenters. The highest BCUT2D eigenvalue weighted by atomic mass is 19.4. The fraction of sp³-hybridized carbons (Fsp3) is 0.462. The van der Waals surface area contributed by atoms with Gasteiger partial charge in [0.2, 0.25) is 0 Å². The molecule has 0 heterocycles. The van der Waals surface area contributed by atoms with Crippen LogP contribution in [0.1, 0.15) is 31.0 Å². The van der Waals surface area contributed by atoms with Gasteiger partial charge in [-0.1, -0.05) is 12.1 Å². The second-order valence-electron chi connectivity index (χ2n) is 4.26. The van der Waals surface area contributed by atoms with Gasteiger partial charge in [-0.2, -0.15) is 13.2 Å². The lowest BCUT2D eigenvalue weighted by Gasteiger charge is -2.19. The van der Waals surface area contributed by atoms with Crippen molar-refractivity contribution in [2.24, 2.45) is 0 Å². The van der Waals surface area contributed by atoms with Crippen LogP contribution in [0.3, 0.4) is 0 Å². The number of hydrogen-bond acceptors (Lipinski definition) is 3. The summed E-state index contributed by atoms with van der Waals surface area (Å²) in [5.74, 6) is -0.459. The van der Waals surface area contributed by atoms with E-state index in [4.69, 9.17) is 0 Å². The molecular weight excluding hydrogens is 259 g/mol. The fourth-order valence-corrected chi connectivity index (χ4v) is 1.70. The molecule has 0 fully saturated rings. The largest absolute Gasteiger partial charge is 0.468 e. The van der Waals surface area contributed by atoms with Crippen LogP contribution in [-0.2, 0) is 15.7 Å². The average molecular weight is 275 g/mol. The van der Waals surface area contributed by atoms with Gasteiger partial charge in [-0.3, -0.25) is 10.1 Å². The number of hydrogen-bond donors (Lipinski definition) is 1. The Kier molecular flexibility index (Phi) is 4.94. The monoisotopic (exact) mass is 275 g/mol. The van der Waals surface area contributed by atoms with Crippen molar-refractivity contribution in [3.8, 4) is 0 Å². The molecule has 0 aliphatic carbocycles. The normalized spacial score (nSPS) is 14.8. The third kappa shape index (κ3) is 4.24. The number of ether oxygens (including phenoxy) is 1. The van der Waals surface area contributed by atoms with Gasteiger partial charge in [0.1, 0.15) is 6.04 Å². The van der Waals surface area contributed by atoms with Crippen LogP contribution in [0, 0.1) is 0 Å². The molecule has 1 aromatic carbocycles.